The number of rotatable bonds is 5. The molecule has 2 rings (SSSR count). The van der Waals surface area contributed by atoms with Crippen molar-refractivity contribution in [2.75, 3.05) is 6.61 Å². The molecule has 1 N–H and O–H groups in total. The fourth-order valence-corrected chi connectivity index (χ4v) is 2.52. The van der Waals surface area contributed by atoms with Crippen molar-refractivity contribution in [2.45, 2.75) is 45.1 Å². The van der Waals surface area contributed by atoms with E-state index in [4.69, 9.17) is 4.74 Å². The number of hydrogen-bond donors (Lipinski definition) is 1. The van der Waals surface area contributed by atoms with E-state index in [0.29, 0.717) is 12.5 Å². The van der Waals surface area contributed by atoms with Gasteiger partial charge in [0.25, 0.3) is 0 Å². The zero-order valence-corrected chi connectivity index (χ0v) is 10.6. The van der Waals surface area contributed by atoms with Crippen LogP contribution in [-0.2, 0) is 6.42 Å². The Labute approximate surface area is 104 Å². The summed E-state index contributed by atoms with van der Waals surface area (Å²) in [7, 11) is 0. The number of aliphatic hydroxyl groups excluding tert-OH is 1. The summed E-state index contributed by atoms with van der Waals surface area (Å²) in [6.45, 7) is 2.56. The number of aliphatic hydroxyl groups is 1. The molecule has 0 heterocycles. The summed E-state index contributed by atoms with van der Waals surface area (Å²) in [6, 6.07) is 8.12. The van der Waals surface area contributed by atoms with Crippen LogP contribution in [0.15, 0.2) is 24.3 Å². The van der Waals surface area contributed by atoms with Crippen molar-refractivity contribution in [3.8, 4) is 5.75 Å². The van der Waals surface area contributed by atoms with E-state index in [2.05, 4.69) is 19.1 Å². The van der Waals surface area contributed by atoms with Gasteiger partial charge in [-0.05, 0) is 42.9 Å². The molecule has 1 saturated carbocycles. The fourth-order valence-electron chi connectivity index (χ4n) is 2.52. The molecule has 0 aromatic heterocycles. The van der Waals surface area contributed by atoms with Gasteiger partial charge in [0, 0.05) is 0 Å². The Morgan fingerprint density at radius 3 is 2.82 bits per heavy atom. The zero-order chi connectivity index (χ0) is 12.1. The van der Waals surface area contributed by atoms with Crippen molar-refractivity contribution in [1.82, 2.24) is 0 Å². The largest absolute Gasteiger partial charge is 0.491 e. The van der Waals surface area contributed by atoms with Crippen LogP contribution >= 0.6 is 0 Å². The zero-order valence-electron chi connectivity index (χ0n) is 10.6. The second-order valence-electron chi connectivity index (χ2n) is 4.92. The van der Waals surface area contributed by atoms with E-state index >= 15 is 0 Å². The highest BCUT2D eigenvalue weighted by molar-refractivity contribution is 5.28. The first-order valence-corrected chi connectivity index (χ1v) is 6.69. The Kier molecular flexibility index (Phi) is 4.43. The third-order valence-corrected chi connectivity index (χ3v) is 3.67. The number of aryl methyl sites for hydroxylation is 1. The smallest absolute Gasteiger partial charge is 0.119 e. The third-order valence-electron chi connectivity index (χ3n) is 3.67. The van der Waals surface area contributed by atoms with Gasteiger partial charge < -0.3 is 9.84 Å². The maximum Gasteiger partial charge on any atom is 0.119 e. The van der Waals surface area contributed by atoms with Gasteiger partial charge in [-0.3, -0.25) is 0 Å². The molecular formula is C15H22O2. The minimum atomic E-state index is -0.303. The lowest BCUT2D eigenvalue weighted by molar-refractivity contribution is 0.0593. The van der Waals surface area contributed by atoms with Crippen LogP contribution in [0.25, 0.3) is 0 Å². The van der Waals surface area contributed by atoms with Gasteiger partial charge in [0.15, 0.2) is 0 Å². The Hall–Kier alpha value is -1.02. The summed E-state index contributed by atoms with van der Waals surface area (Å²) in [5.41, 5.74) is 1.28. The lowest BCUT2D eigenvalue weighted by Crippen LogP contribution is -2.25. The Balaban J connectivity index is 1.83. The highest BCUT2D eigenvalue weighted by Gasteiger charge is 2.23. The molecule has 0 bridgehead atoms. The van der Waals surface area contributed by atoms with Gasteiger partial charge in [-0.25, -0.2) is 0 Å². The number of ether oxygens (including phenoxy) is 1. The van der Waals surface area contributed by atoms with Crippen LogP contribution in [0.1, 0.15) is 38.2 Å². The third kappa shape index (κ3) is 3.47. The van der Waals surface area contributed by atoms with Crippen molar-refractivity contribution >= 4 is 0 Å². The van der Waals surface area contributed by atoms with E-state index in [0.717, 1.165) is 25.0 Å². The molecule has 1 atom stereocenters. The van der Waals surface area contributed by atoms with Gasteiger partial charge >= 0.3 is 0 Å². The van der Waals surface area contributed by atoms with E-state index in [9.17, 15) is 5.11 Å². The van der Waals surface area contributed by atoms with Crippen LogP contribution < -0.4 is 4.74 Å². The van der Waals surface area contributed by atoms with Crippen LogP contribution in [0.4, 0.5) is 0 Å². The Bertz CT molecular complexity index is 343. The van der Waals surface area contributed by atoms with Gasteiger partial charge in [0.1, 0.15) is 12.4 Å². The molecule has 2 heteroatoms. The van der Waals surface area contributed by atoms with Crippen molar-refractivity contribution < 1.29 is 9.84 Å². The minimum absolute atomic E-state index is 0.303. The molecule has 0 spiro atoms. The van der Waals surface area contributed by atoms with E-state index < -0.39 is 0 Å². The lowest BCUT2D eigenvalue weighted by Gasteiger charge is -2.18. The summed E-state index contributed by atoms with van der Waals surface area (Å²) >= 11 is 0. The summed E-state index contributed by atoms with van der Waals surface area (Å²) in [5, 5.41) is 10.0. The van der Waals surface area contributed by atoms with Crippen molar-refractivity contribution in [3.63, 3.8) is 0 Å². The van der Waals surface area contributed by atoms with Crippen LogP contribution in [0.3, 0.4) is 0 Å². The average molecular weight is 234 g/mol. The monoisotopic (exact) mass is 234 g/mol. The van der Waals surface area contributed by atoms with E-state index in [1.807, 2.05) is 12.1 Å². The van der Waals surface area contributed by atoms with Gasteiger partial charge in [-0.15, -0.1) is 0 Å². The normalized spacial score (nSPS) is 18.2. The first kappa shape index (κ1) is 12.4. The summed E-state index contributed by atoms with van der Waals surface area (Å²) in [4.78, 5) is 0. The second-order valence-corrected chi connectivity index (χ2v) is 4.92. The van der Waals surface area contributed by atoms with Gasteiger partial charge in [0.05, 0.1) is 6.10 Å². The molecule has 1 aliphatic carbocycles. The van der Waals surface area contributed by atoms with E-state index in [1.165, 1.54) is 18.4 Å². The predicted octanol–water partition coefficient (Wildman–Crippen LogP) is 3.18. The van der Waals surface area contributed by atoms with Crippen molar-refractivity contribution in [2.24, 2.45) is 5.92 Å². The van der Waals surface area contributed by atoms with Crippen molar-refractivity contribution in [1.29, 1.82) is 0 Å². The van der Waals surface area contributed by atoms with Crippen LogP contribution in [-0.4, -0.2) is 17.8 Å². The molecule has 2 nitrogen and oxygen atoms in total. The van der Waals surface area contributed by atoms with Gasteiger partial charge in [-0.1, -0.05) is 31.9 Å². The predicted molar refractivity (Wildman–Crippen MR) is 69.3 cm³/mol. The minimum Gasteiger partial charge on any atom is -0.491 e. The molecule has 0 amide bonds. The van der Waals surface area contributed by atoms with Gasteiger partial charge in [0.2, 0.25) is 0 Å². The number of hydrogen-bond acceptors (Lipinski definition) is 2. The topological polar surface area (TPSA) is 29.5 Å². The lowest BCUT2D eigenvalue weighted by atomic mass is 10.0. The standard InChI is InChI=1S/C15H22O2/c1-2-12-6-5-9-14(10-12)17-11-15(16)13-7-3-4-8-13/h5-6,9-10,13,15-16H,2-4,7-8,11H2,1H3. The van der Waals surface area contributed by atoms with Crippen molar-refractivity contribution in [3.05, 3.63) is 29.8 Å². The average Bonchev–Trinajstić information content (AvgIpc) is 2.90. The highest BCUT2D eigenvalue weighted by atomic mass is 16.5. The first-order valence-electron chi connectivity index (χ1n) is 6.69. The molecule has 0 saturated heterocycles. The summed E-state index contributed by atoms with van der Waals surface area (Å²) < 4.78 is 5.67. The maximum absolute atomic E-state index is 10.0. The molecule has 1 fully saturated rings. The molecule has 0 radical (unpaired) electrons. The number of benzene rings is 1. The van der Waals surface area contributed by atoms with E-state index in [-0.39, 0.29) is 6.10 Å². The molecule has 1 unspecified atom stereocenters. The first-order chi connectivity index (χ1) is 8.29. The molecule has 0 aliphatic heterocycles. The fraction of sp³-hybridized carbons (Fsp3) is 0.600. The highest BCUT2D eigenvalue weighted by Crippen LogP contribution is 2.28. The second kappa shape index (κ2) is 6.06. The molecule has 17 heavy (non-hydrogen) atoms. The SMILES string of the molecule is CCc1cccc(OCC(O)C2CCCC2)c1. The quantitative estimate of drug-likeness (QED) is 0.848. The summed E-state index contributed by atoms with van der Waals surface area (Å²) in [5.74, 6) is 1.32. The molecule has 94 valence electrons. The molecule has 1 aromatic rings. The Morgan fingerprint density at radius 1 is 1.35 bits per heavy atom. The summed E-state index contributed by atoms with van der Waals surface area (Å²) in [6.07, 6.45) is 5.53. The molecule has 1 aromatic carbocycles. The maximum atomic E-state index is 10.0. The van der Waals surface area contributed by atoms with Crippen LogP contribution in [0.2, 0.25) is 0 Å². The van der Waals surface area contributed by atoms with Gasteiger partial charge in [-0.2, -0.15) is 0 Å². The van der Waals surface area contributed by atoms with Crippen LogP contribution in [0.5, 0.6) is 5.75 Å². The molecule has 1 aliphatic rings. The molecular weight excluding hydrogens is 212 g/mol. The van der Waals surface area contributed by atoms with E-state index in [1.54, 1.807) is 0 Å². The van der Waals surface area contributed by atoms with Crippen LogP contribution in [0, 0.1) is 5.92 Å². The Morgan fingerprint density at radius 2 is 2.12 bits per heavy atom.